The van der Waals surface area contributed by atoms with Crippen molar-refractivity contribution in [1.82, 2.24) is 10.4 Å². The smallest absolute Gasteiger partial charge is 0.212 e. The minimum Gasteiger partial charge on any atom is -0.481 e. The van der Waals surface area contributed by atoms with Crippen molar-refractivity contribution in [3.8, 4) is 5.88 Å². The molecule has 0 radical (unpaired) electrons. The second-order valence-corrected chi connectivity index (χ2v) is 6.36. The molecule has 3 atom stereocenters. The van der Waals surface area contributed by atoms with Crippen molar-refractivity contribution in [3.05, 3.63) is 23.9 Å². The van der Waals surface area contributed by atoms with Crippen LogP contribution in [-0.2, 0) is 6.42 Å². The van der Waals surface area contributed by atoms with Gasteiger partial charge in [-0.1, -0.05) is 19.9 Å². The summed E-state index contributed by atoms with van der Waals surface area (Å²) in [6.45, 7) is 4.70. The van der Waals surface area contributed by atoms with Crippen LogP contribution in [-0.4, -0.2) is 18.1 Å². The summed E-state index contributed by atoms with van der Waals surface area (Å²) in [6, 6.07) is 4.32. The van der Waals surface area contributed by atoms with Gasteiger partial charge >= 0.3 is 0 Å². The molecule has 1 aromatic rings. The normalized spacial score (nSPS) is 28.1. The fourth-order valence-corrected chi connectivity index (χ4v) is 3.61. The lowest BCUT2D eigenvalue weighted by Gasteiger charge is -2.36. The molecule has 1 fully saturated rings. The maximum Gasteiger partial charge on any atom is 0.212 e. The Morgan fingerprint density at radius 2 is 2.00 bits per heavy atom. The molecule has 112 valence electrons. The summed E-state index contributed by atoms with van der Waals surface area (Å²) < 4.78 is 5.09. The molecular weight excluding hydrogens is 250 g/mol. The molecule has 0 bridgehead atoms. The predicted octanol–water partition coefficient (Wildman–Crippen LogP) is 2.54. The van der Waals surface area contributed by atoms with E-state index in [0.717, 1.165) is 18.3 Å². The number of hydrazine groups is 1. The molecule has 4 heteroatoms. The van der Waals surface area contributed by atoms with Gasteiger partial charge in [-0.15, -0.1) is 0 Å². The van der Waals surface area contributed by atoms with Crippen LogP contribution in [0.25, 0.3) is 0 Å². The first-order chi connectivity index (χ1) is 9.62. The molecule has 4 nitrogen and oxygen atoms in total. The molecule has 0 amide bonds. The van der Waals surface area contributed by atoms with Crippen molar-refractivity contribution < 1.29 is 4.74 Å². The van der Waals surface area contributed by atoms with Crippen LogP contribution >= 0.6 is 0 Å². The molecule has 0 saturated heterocycles. The molecule has 3 unspecified atom stereocenters. The predicted molar refractivity (Wildman–Crippen MR) is 81.3 cm³/mol. The Labute approximate surface area is 122 Å². The number of methoxy groups -OCH3 is 1. The highest BCUT2D eigenvalue weighted by Crippen LogP contribution is 2.35. The lowest BCUT2D eigenvalue weighted by molar-refractivity contribution is 0.175. The fraction of sp³-hybridized carbons (Fsp3) is 0.688. The monoisotopic (exact) mass is 277 g/mol. The summed E-state index contributed by atoms with van der Waals surface area (Å²) in [5.74, 6) is 8.71. The van der Waals surface area contributed by atoms with Crippen molar-refractivity contribution >= 4 is 0 Å². The van der Waals surface area contributed by atoms with Gasteiger partial charge in [-0.2, -0.15) is 0 Å². The zero-order chi connectivity index (χ0) is 14.5. The number of nitrogens with zero attached hydrogens (tertiary/aromatic N) is 1. The summed E-state index contributed by atoms with van der Waals surface area (Å²) in [5, 5.41) is 0. The minimum atomic E-state index is 0.329. The van der Waals surface area contributed by atoms with Crippen LogP contribution in [0.2, 0.25) is 0 Å². The molecule has 1 saturated carbocycles. The van der Waals surface area contributed by atoms with E-state index in [1.165, 1.54) is 24.8 Å². The second kappa shape index (κ2) is 7.04. The van der Waals surface area contributed by atoms with E-state index in [4.69, 9.17) is 10.6 Å². The number of hydrogen-bond donors (Lipinski definition) is 2. The Bertz CT molecular complexity index is 397. The summed E-state index contributed by atoms with van der Waals surface area (Å²) in [4.78, 5) is 4.27. The van der Waals surface area contributed by atoms with Crippen LogP contribution in [0.5, 0.6) is 5.88 Å². The molecule has 1 aromatic heterocycles. The summed E-state index contributed by atoms with van der Waals surface area (Å²) >= 11 is 0. The van der Waals surface area contributed by atoms with Crippen molar-refractivity contribution in [2.75, 3.05) is 7.11 Å². The first-order valence-corrected chi connectivity index (χ1v) is 7.57. The summed E-state index contributed by atoms with van der Waals surface area (Å²) in [5.41, 5.74) is 4.24. The van der Waals surface area contributed by atoms with Gasteiger partial charge in [0.1, 0.15) is 0 Å². The Balaban J connectivity index is 2.00. The lowest BCUT2D eigenvalue weighted by Crippen LogP contribution is -2.44. The maximum atomic E-state index is 5.80. The van der Waals surface area contributed by atoms with Gasteiger partial charge in [-0.05, 0) is 49.0 Å². The zero-order valence-electron chi connectivity index (χ0n) is 12.8. The average Bonchev–Trinajstić information content (AvgIpc) is 2.44. The quantitative estimate of drug-likeness (QED) is 0.641. The minimum absolute atomic E-state index is 0.329. The van der Waals surface area contributed by atoms with Crippen molar-refractivity contribution in [2.24, 2.45) is 23.6 Å². The van der Waals surface area contributed by atoms with E-state index in [1.807, 2.05) is 12.3 Å². The van der Waals surface area contributed by atoms with E-state index in [0.29, 0.717) is 17.8 Å². The van der Waals surface area contributed by atoms with E-state index in [-0.39, 0.29) is 0 Å². The fourth-order valence-electron chi connectivity index (χ4n) is 3.61. The SMILES string of the molecule is COc1ccc(CC(NN)C2CC(C)CC(C)C2)cn1. The van der Waals surface area contributed by atoms with Crippen LogP contribution in [0.1, 0.15) is 38.7 Å². The Hall–Kier alpha value is -1.13. The third-order valence-corrected chi connectivity index (χ3v) is 4.46. The first-order valence-electron chi connectivity index (χ1n) is 7.57. The van der Waals surface area contributed by atoms with Gasteiger partial charge in [0, 0.05) is 18.3 Å². The number of rotatable bonds is 5. The highest BCUT2D eigenvalue weighted by molar-refractivity contribution is 5.18. The molecule has 1 aliphatic carbocycles. The Morgan fingerprint density at radius 1 is 1.30 bits per heavy atom. The molecule has 20 heavy (non-hydrogen) atoms. The van der Waals surface area contributed by atoms with E-state index in [1.54, 1.807) is 7.11 Å². The average molecular weight is 277 g/mol. The van der Waals surface area contributed by atoms with Gasteiger partial charge in [0.15, 0.2) is 0 Å². The standard InChI is InChI=1S/C16H27N3O/c1-11-6-12(2)8-14(7-11)15(19-17)9-13-4-5-16(20-3)18-10-13/h4-5,10-12,14-15,19H,6-9,17H2,1-3H3. The second-order valence-electron chi connectivity index (χ2n) is 6.36. The molecule has 0 aromatic carbocycles. The van der Waals surface area contributed by atoms with E-state index in [9.17, 15) is 0 Å². The van der Waals surface area contributed by atoms with E-state index >= 15 is 0 Å². The highest BCUT2D eigenvalue weighted by Gasteiger charge is 2.29. The molecule has 0 spiro atoms. The number of aromatic nitrogens is 1. The molecule has 1 heterocycles. The topological polar surface area (TPSA) is 60.2 Å². The van der Waals surface area contributed by atoms with Crippen LogP contribution in [0.3, 0.4) is 0 Å². The third kappa shape index (κ3) is 3.93. The zero-order valence-corrected chi connectivity index (χ0v) is 12.8. The van der Waals surface area contributed by atoms with E-state index < -0.39 is 0 Å². The lowest BCUT2D eigenvalue weighted by atomic mass is 9.73. The largest absolute Gasteiger partial charge is 0.481 e. The maximum absolute atomic E-state index is 5.80. The Kier molecular flexibility index (Phi) is 5.38. The van der Waals surface area contributed by atoms with Gasteiger partial charge < -0.3 is 4.74 Å². The number of ether oxygens (including phenoxy) is 1. The molecular formula is C16H27N3O. The van der Waals surface area contributed by atoms with Crippen molar-refractivity contribution in [1.29, 1.82) is 0 Å². The van der Waals surface area contributed by atoms with Crippen molar-refractivity contribution in [2.45, 2.75) is 45.6 Å². The van der Waals surface area contributed by atoms with Crippen LogP contribution in [0.15, 0.2) is 18.3 Å². The molecule has 3 N–H and O–H groups in total. The number of pyridine rings is 1. The summed E-state index contributed by atoms with van der Waals surface area (Å²) in [6.07, 6.45) is 6.69. The van der Waals surface area contributed by atoms with Crippen LogP contribution in [0, 0.1) is 17.8 Å². The number of nitrogens with one attached hydrogen (secondary N) is 1. The highest BCUT2D eigenvalue weighted by atomic mass is 16.5. The van der Waals surface area contributed by atoms with Crippen LogP contribution < -0.4 is 16.0 Å². The summed E-state index contributed by atoms with van der Waals surface area (Å²) in [7, 11) is 1.64. The van der Waals surface area contributed by atoms with E-state index in [2.05, 4.69) is 30.3 Å². The molecule has 2 rings (SSSR count). The molecule has 1 aliphatic rings. The molecule has 0 aliphatic heterocycles. The van der Waals surface area contributed by atoms with Gasteiger partial charge in [-0.25, -0.2) is 4.98 Å². The third-order valence-electron chi connectivity index (χ3n) is 4.46. The Morgan fingerprint density at radius 3 is 2.50 bits per heavy atom. The van der Waals surface area contributed by atoms with Gasteiger partial charge in [0.05, 0.1) is 7.11 Å². The van der Waals surface area contributed by atoms with Crippen molar-refractivity contribution in [3.63, 3.8) is 0 Å². The van der Waals surface area contributed by atoms with Gasteiger partial charge in [-0.3, -0.25) is 11.3 Å². The number of hydrogen-bond acceptors (Lipinski definition) is 4. The first kappa shape index (κ1) is 15.3. The van der Waals surface area contributed by atoms with Gasteiger partial charge in [0.25, 0.3) is 0 Å². The van der Waals surface area contributed by atoms with Crippen LogP contribution in [0.4, 0.5) is 0 Å². The number of nitrogens with two attached hydrogens (primary N) is 1. The van der Waals surface area contributed by atoms with Gasteiger partial charge in [0.2, 0.25) is 5.88 Å².